The van der Waals surface area contributed by atoms with Crippen molar-refractivity contribution in [1.82, 2.24) is 14.5 Å². The number of para-hydroxylation sites is 3. The highest BCUT2D eigenvalue weighted by Crippen LogP contribution is 2.40. The summed E-state index contributed by atoms with van der Waals surface area (Å²) >= 11 is 0. The third-order valence-corrected chi connectivity index (χ3v) is 6.85. The zero-order chi connectivity index (χ0) is 24.3. The molecule has 0 bridgehead atoms. The van der Waals surface area contributed by atoms with Crippen molar-refractivity contribution in [2.45, 2.75) is 46.5 Å². The summed E-state index contributed by atoms with van der Waals surface area (Å²) in [4.78, 5) is 10.1. The van der Waals surface area contributed by atoms with Gasteiger partial charge in [0, 0.05) is 17.0 Å². The van der Waals surface area contributed by atoms with Crippen LogP contribution in [0, 0.1) is 6.92 Å². The Balaban J connectivity index is 1.78. The van der Waals surface area contributed by atoms with Gasteiger partial charge < -0.3 is 4.42 Å². The molecule has 0 saturated heterocycles. The van der Waals surface area contributed by atoms with Gasteiger partial charge in [0.15, 0.2) is 11.5 Å². The van der Waals surface area contributed by atoms with E-state index in [1.165, 1.54) is 16.8 Å². The van der Waals surface area contributed by atoms with E-state index in [0.29, 0.717) is 11.8 Å². The molecule has 4 nitrogen and oxygen atoms in total. The first-order valence-electron chi connectivity index (χ1n) is 12.3. The van der Waals surface area contributed by atoms with Crippen LogP contribution in [0.3, 0.4) is 0 Å². The highest BCUT2D eigenvalue weighted by atomic mass is 16.3. The fraction of sp³-hybridized carbons (Fsp3) is 0.226. The van der Waals surface area contributed by atoms with E-state index in [4.69, 9.17) is 14.4 Å². The third kappa shape index (κ3) is 3.35. The number of fused-ring (bicyclic) bond motifs is 4. The number of hydrogen-bond acceptors (Lipinski definition) is 3. The van der Waals surface area contributed by atoms with Crippen LogP contribution in [0.4, 0.5) is 0 Å². The summed E-state index contributed by atoms with van der Waals surface area (Å²) in [7, 11) is 0. The summed E-state index contributed by atoms with van der Waals surface area (Å²) < 4.78 is 8.70. The fourth-order valence-electron chi connectivity index (χ4n) is 5.15. The lowest BCUT2D eigenvalue weighted by Crippen LogP contribution is -2.09. The van der Waals surface area contributed by atoms with E-state index in [9.17, 15) is 0 Å². The number of pyridine rings is 1. The van der Waals surface area contributed by atoms with Gasteiger partial charge in [-0.15, -0.1) is 0 Å². The molecule has 0 N–H and O–H groups in total. The van der Waals surface area contributed by atoms with Crippen LogP contribution in [-0.4, -0.2) is 14.5 Å². The molecule has 174 valence electrons. The van der Waals surface area contributed by atoms with Crippen molar-refractivity contribution in [1.29, 1.82) is 0 Å². The summed E-state index contributed by atoms with van der Waals surface area (Å²) in [5, 5.41) is 2.22. The smallest absolute Gasteiger partial charge is 0.164 e. The molecule has 6 rings (SSSR count). The molecule has 35 heavy (non-hydrogen) atoms. The molecule has 3 heterocycles. The van der Waals surface area contributed by atoms with E-state index in [0.717, 1.165) is 50.1 Å². The minimum absolute atomic E-state index is 0.349. The number of aryl methyl sites for hydroxylation is 1. The van der Waals surface area contributed by atoms with Crippen LogP contribution >= 0.6 is 0 Å². The fourth-order valence-corrected chi connectivity index (χ4v) is 5.15. The average molecular weight is 460 g/mol. The topological polar surface area (TPSA) is 43.9 Å². The van der Waals surface area contributed by atoms with Crippen molar-refractivity contribution in [3.63, 3.8) is 0 Å². The lowest BCUT2D eigenvalue weighted by atomic mass is 9.92. The lowest BCUT2D eigenvalue weighted by Gasteiger charge is -2.22. The molecule has 0 aliphatic rings. The van der Waals surface area contributed by atoms with Gasteiger partial charge in [0.1, 0.15) is 16.7 Å². The Morgan fingerprint density at radius 2 is 1.49 bits per heavy atom. The number of aromatic nitrogens is 3. The van der Waals surface area contributed by atoms with Crippen molar-refractivity contribution in [3.05, 3.63) is 89.6 Å². The molecule has 0 amide bonds. The summed E-state index contributed by atoms with van der Waals surface area (Å²) in [6.45, 7) is 11.1. The molecule has 3 aromatic heterocycles. The molecule has 0 aliphatic carbocycles. The molecular weight excluding hydrogens is 430 g/mol. The minimum atomic E-state index is 0.349. The van der Waals surface area contributed by atoms with Gasteiger partial charge in [0.25, 0.3) is 0 Å². The normalized spacial score (nSPS) is 12.1. The number of rotatable bonds is 4. The predicted molar refractivity (Wildman–Crippen MR) is 144 cm³/mol. The SMILES string of the molecule is Cc1cnc2c(c1)nc(-c1cccc3c1oc1ccccc13)n2-c1c(C(C)C)cccc1C(C)C. The van der Waals surface area contributed by atoms with Crippen molar-refractivity contribution in [2.75, 3.05) is 0 Å². The Labute approximate surface area is 205 Å². The monoisotopic (exact) mass is 459 g/mol. The van der Waals surface area contributed by atoms with Crippen molar-refractivity contribution >= 4 is 33.1 Å². The maximum atomic E-state index is 6.43. The Morgan fingerprint density at radius 3 is 2.23 bits per heavy atom. The quantitative estimate of drug-likeness (QED) is 0.265. The van der Waals surface area contributed by atoms with Crippen LogP contribution in [0.2, 0.25) is 0 Å². The molecule has 3 aromatic carbocycles. The van der Waals surface area contributed by atoms with Crippen LogP contribution in [-0.2, 0) is 0 Å². The van der Waals surface area contributed by atoms with Crippen molar-refractivity contribution in [2.24, 2.45) is 0 Å². The minimum Gasteiger partial charge on any atom is -0.455 e. The van der Waals surface area contributed by atoms with Crippen LogP contribution in [0.15, 0.2) is 77.3 Å². The van der Waals surface area contributed by atoms with E-state index >= 15 is 0 Å². The molecule has 0 spiro atoms. The van der Waals surface area contributed by atoms with E-state index < -0.39 is 0 Å². The molecule has 0 unspecified atom stereocenters. The summed E-state index contributed by atoms with van der Waals surface area (Å²) in [5.41, 5.74) is 9.33. The molecule has 0 atom stereocenters. The standard InChI is InChI=1S/C31H29N3O/c1-18(2)21-11-8-12-22(19(3)4)28(21)34-30(33-26-16-20(5)17-32-31(26)34)25-14-9-13-24-23-10-6-7-15-27(23)35-29(24)25/h6-19H,1-5H3. The highest BCUT2D eigenvalue weighted by Gasteiger charge is 2.24. The number of furan rings is 1. The van der Waals surface area contributed by atoms with Gasteiger partial charge in [-0.2, -0.15) is 0 Å². The van der Waals surface area contributed by atoms with Crippen LogP contribution in [0.25, 0.3) is 50.2 Å². The third-order valence-electron chi connectivity index (χ3n) is 6.85. The summed E-state index contributed by atoms with van der Waals surface area (Å²) in [6, 6.07) is 23.3. The van der Waals surface area contributed by atoms with Crippen molar-refractivity contribution in [3.8, 4) is 17.1 Å². The van der Waals surface area contributed by atoms with E-state index in [-0.39, 0.29) is 0 Å². The van der Waals surface area contributed by atoms with Crippen molar-refractivity contribution < 1.29 is 4.42 Å². The largest absolute Gasteiger partial charge is 0.455 e. The second-order valence-corrected chi connectivity index (χ2v) is 10.0. The van der Waals surface area contributed by atoms with Crippen LogP contribution in [0.5, 0.6) is 0 Å². The lowest BCUT2D eigenvalue weighted by molar-refractivity contribution is 0.669. The van der Waals surface area contributed by atoms with Gasteiger partial charge in [-0.3, -0.25) is 4.57 Å². The first kappa shape index (κ1) is 21.6. The summed E-state index contributed by atoms with van der Waals surface area (Å²) in [5.74, 6) is 1.56. The molecule has 0 saturated carbocycles. The molecule has 6 aromatic rings. The first-order chi connectivity index (χ1) is 16.9. The number of hydrogen-bond donors (Lipinski definition) is 0. The van der Waals surface area contributed by atoms with E-state index in [1.54, 1.807) is 0 Å². The van der Waals surface area contributed by atoms with E-state index in [2.05, 4.69) is 93.8 Å². The maximum absolute atomic E-state index is 6.43. The van der Waals surface area contributed by atoms with Crippen LogP contribution in [0.1, 0.15) is 56.2 Å². The van der Waals surface area contributed by atoms with Gasteiger partial charge >= 0.3 is 0 Å². The maximum Gasteiger partial charge on any atom is 0.164 e. The van der Waals surface area contributed by atoms with E-state index in [1.807, 2.05) is 18.3 Å². The molecule has 0 fully saturated rings. The molecule has 0 radical (unpaired) electrons. The second kappa shape index (κ2) is 8.09. The molecular formula is C31H29N3O. The van der Waals surface area contributed by atoms with Gasteiger partial charge in [-0.25, -0.2) is 9.97 Å². The van der Waals surface area contributed by atoms with Gasteiger partial charge in [0.05, 0.1) is 11.3 Å². The zero-order valence-electron chi connectivity index (χ0n) is 20.8. The Morgan fingerprint density at radius 1 is 0.800 bits per heavy atom. The Kier molecular flexibility index (Phi) is 4.99. The van der Waals surface area contributed by atoms with Crippen LogP contribution < -0.4 is 0 Å². The molecule has 4 heteroatoms. The van der Waals surface area contributed by atoms with Gasteiger partial charge in [-0.05, 0) is 53.6 Å². The van der Waals surface area contributed by atoms with Gasteiger partial charge in [-0.1, -0.05) is 76.2 Å². The molecule has 0 aliphatic heterocycles. The Bertz CT molecular complexity index is 1690. The second-order valence-electron chi connectivity index (χ2n) is 10.0. The first-order valence-corrected chi connectivity index (χ1v) is 12.3. The average Bonchev–Trinajstić information content (AvgIpc) is 3.41. The van der Waals surface area contributed by atoms with Gasteiger partial charge in [0.2, 0.25) is 0 Å². The highest BCUT2D eigenvalue weighted by molar-refractivity contribution is 6.09. The number of nitrogens with zero attached hydrogens (tertiary/aromatic N) is 3. The number of imidazole rings is 1. The number of benzene rings is 3. The summed E-state index contributed by atoms with van der Waals surface area (Å²) in [6.07, 6.45) is 1.93. The Hall–Kier alpha value is -3.92. The zero-order valence-corrected chi connectivity index (χ0v) is 20.8. The predicted octanol–water partition coefficient (Wildman–Crippen LogP) is 8.54.